The second-order valence-corrected chi connectivity index (χ2v) is 7.11. The second-order valence-electron chi connectivity index (χ2n) is 7.11. The van der Waals surface area contributed by atoms with Gasteiger partial charge >= 0.3 is 0 Å². The molecule has 0 amide bonds. The van der Waals surface area contributed by atoms with E-state index in [1.165, 1.54) is 96.3 Å². The van der Waals surface area contributed by atoms with Crippen LogP contribution >= 0.6 is 0 Å². The van der Waals surface area contributed by atoms with Gasteiger partial charge < -0.3 is 9.84 Å². The van der Waals surface area contributed by atoms with Gasteiger partial charge in [0, 0.05) is 6.61 Å². The highest BCUT2D eigenvalue weighted by molar-refractivity contribution is 4.84. The molecule has 0 saturated carbocycles. The molecule has 1 heterocycles. The van der Waals surface area contributed by atoms with Crippen molar-refractivity contribution in [1.29, 1.82) is 0 Å². The van der Waals surface area contributed by atoms with Crippen molar-refractivity contribution < 1.29 is 9.84 Å². The van der Waals surface area contributed by atoms with Crippen LogP contribution in [0.5, 0.6) is 0 Å². The Labute approximate surface area is 139 Å². The molecule has 1 saturated heterocycles. The molecule has 1 aliphatic heterocycles. The van der Waals surface area contributed by atoms with Crippen LogP contribution < -0.4 is 0 Å². The van der Waals surface area contributed by atoms with Crippen LogP contribution in [0.15, 0.2) is 0 Å². The lowest BCUT2D eigenvalue weighted by molar-refractivity contribution is 0.282. The molecule has 0 bridgehead atoms. The quantitative estimate of drug-likeness (QED) is 0.263. The molecule has 2 heteroatoms. The van der Waals surface area contributed by atoms with Gasteiger partial charge in [0.25, 0.3) is 0 Å². The Kier molecular flexibility index (Phi) is 13.2. The minimum absolute atomic E-state index is 0.354. The van der Waals surface area contributed by atoms with Crippen molar-refractivity contribution in [3.63, 3.8) is 0 Å². The smallest absolute Gasteiger partial charge is 0.0841 e. The number of unbranched alkanes of at least 4 members (excludes halogenated alkanes) is 12. The average Bonchev–Trinajstić information content (AvgIpc) is 3.27. The van der Waals surface area contributed by atoms with E-state index in [0.29, 0.717) is 18.8 Å². The van der Waals surface area contributed by atoms with Gasteiger partial charge in [0.05, 0.1) is 12.2 Å². The molecule has 2 unspecified atom stereocenters. The molecule has 0 aliphatic carbocycles. The second kappa shape index (κ2) is 14.5. The third-order valence-corrected chi connectivity index (χ3v) is 4.93. The van der Waals surface area contributed by atoms with Crippen LogP contribution in [-0.2, 0) is 4.74 Å². The Morgan fingerprint density at radius 1 is 0.591 bits per heavy atom. The van der Waals surface area contributed by atoms with Gasteiger partial charge in [-0.2, -0.15) is 0 Å². The van der Waals surface area contributed by atoms with Gasteiger partial charge in [-0.05, 0) is 19.3 Å². The summed E-state index contributed by atoms with van der Waals surface area (Å²) in [5.41, 5.74) is 0. The molecular weight excluding hydrogens is 272 g/mol. The summed E-state index contributed by atoms with van der Waals surface area (Å²) in [4.78, 5) is 0. The fourth-order valence-corrected chi connectivity index (χ4v) is 3.33. The van der Waals surface area contributed by atoms with Crippen molar-refractivity contribution in [2.45, 2.75) is 122 Å². The number of rotatable bonds is 17. The molecule has 0 spiro atoms. The summed E-state index contributed by atoms with van der Waals surface area (Å²) in [7, 11) is 0. The van der Waals surface area contributed by atoms with Gasteiger partial charge in [0.1, 0.15) is 0 Å². The molecule has 1 rings (SSSR count). The van der Waals surface area contributed by atoms with Crippen LogP contribution in [0.2, 0.25) is 0 Å². The number of hydrogen-bond donors (Lipinski definition) is 1. The molecular formula is C20H40O2. The zero-order chi connectivity index (χ0) is 15.9. The Balaban J connectivity index is 1.73. The summed E-state index contributed by atoms with van der Waals surface area (Å²) in [5, 5.41) is 8.72. The first-order chi connectivity index (χ1) is 10.9. The number of ether oxygens (including phenoxy) is 1. The van der Waals surface area contributed by atoms with Gasteiger partial charge in [-0.25, -0.2) is 0 Å². The Hall–Kier alpha value is -0.0800. The normalized spacial score (nSPS) is 20.5. The fraction of sp³-hybridized carbons (Fsp3) is 1.00. The Morgan fingerprint density at radius 2 is 1.00 bits per heavy atom. The number of hydrogen-bond acceptors (Lipinski definition) is 2. The minimum Gasteiger partial charge on any atom is -0.396 e. The number of aliphatic hydroxyl groups is 1. The van der Waals surface area contributed by atoms with Crippen molar-refractivity contribution in [3.8, 4) is 0 Å². The number of aliphatic hydroxyl groups excluding tert-OH is 1. The van der Waals surface area contributed by atoms with Crippen molar-refractivity contribution in [3.05, 3.63) is 0 Å². The largest absolute Gasteiger partial charge is 0.396 e. The van der Waals surface area contributed by atoms with E-state index in [-0.39, 0.29) is 0 Å². The van der Waals surface area contributed by atoms with Gasteiger partial charge in [-0.3, -0.25) is 0 Å². The predicted molar refractivity (Wildman–Crippen MR) is 95.3 cm³/mol. The summed E-state index contributed by atoms with van der Waals surface area (Å²) in [6, 6.07) is 0. The SMILES string of the molecule is CCCCCCCCCCCC1OC1CCCCCCCO. The lowest BCUT2D eigenvalue weighted by atomic mass is 10.0. The Morgan fingerprint density at radius 3 is 1.45 bits per heavy atom. The maximum Gasteiger partial charge on any atom is 0.0841 e. The van der Waals surface area contributed by atoms with Crippen molar-refractivity contribution in [2.24, 2.45) is 0 Å². The first-order valence-electron chi connectivity index (χ1n) is 10.1. The summed E-state index contributed by atoms with van der Waals surface area (Å²) < 4.78 is 5.78. The summed E-state index contributed by atoms with van der Waals surface area (Å²) >= 11 is 0. The predicted octanol–water partition coefficient (Wildman–Crippen LogP) is 6.01. The van der Waals surface area contributed by atoms with Gasteiger partial charge in [0.15, 0.2) is 0 Å². The molecule has 1 fully saturated rings. The first-order valence-corrected chi connectivity index (χ1v) is 10.1. The van der Waals surface area contributed by atoms with Crippen LogP contribution in [0, 0.1) is 0 Å². The van der Waals surface area contributed by atoms with E-state index in [1.807, 2.05) is 0 Å². The first kappa shape index (κ1) is 20.0. The fourth-order valence-electron chi connectivity index (χ4n) is 3.33. The van der Waals surface area contributed by atoms with Crippen molar-refractivity contribution in [1.82, 2.24) is 0 Å². The lowest BCUT2D eigenvalue weighted by Crippen LogP contribution is -1.95. The molecule has 0 aromatic rings. The van der Waals surface area contributed by atoms with Crippen LogP contribution in [0.1, 0.15) is 110 Å². The number of epoxide rings is 1. The Bertz CT molecular complexity index is 230. The zero-order valence-electron chi connectivity index (χ0n) is 15.0. The van der Waals surface area contributed by atoms with E-state index in [9.17, 15) is 0 Å². The van der Waals surface area contributed by atoms with Crippen LogP contribution in [0.25, 0.3) is 0 Å². The van der Waals surface area contributed by atoms with Crippen molar-refractivity contribution in [2.75, 3.05) is 6.61 Å². The summed E-state index contributed by atoms with van der Waals surface area (Å²) in [6.45, 7) is 2.64. The van der Waals surface area contributed by atoms with E-state index in [0.717, 1.165) is 6.42 Å². The molecule has 0 radical (unpaired) electrons. The molecule has 132 valence electrons. The molecule has 0 aromatic carbocycles. The highest BCUT2D eigenvalue weighted by Gasteiger charge is 2.36. The van der Waals surface area contributed by atoms with Gasteiger partial charge in [0.2, 0.25) is 0 Å². The molecule has 0 aromatic heterocycles. The van der Waals surface area contributed by atoms with Crippen LogP contribution in [-0.4, -0.2) is 23.9 Å². The monoisotopic (exact) mass is 312 g/mol. The van der Waals surface area contributed by atoms with Gasteiger partial charge in [-0.1, -0.05) is 90.4 Å². The highest BCUT2D eigenvalue weighted by Crippen LogP contribution is 2.31. The zero-order valence-corrected chi connectivity index (χ0v) is 15.0. The highest BCUT2D eigenvalue weighted by atomic mass is 16.6. The molecule has 2 atom stereocenters. The van der Waals surface area contributed by atoms with E-state index in [4.69, 9.17) is 9.84 Å². The summed E-state index contributed by atoms with van der Waals surface area (Å²) in [5.74, 6) is 0. The average molecular weight is 313 g/mol. The molecule has 1 N–H and O–H groups in total. The minimum atomic E-state index is 0.354. The maximum absolute atomic E-state index is 8.72. The molecule has 22 heavy (non-hydrogen) atoms. The third kappa shape index (κ3) is 11.5. The van der Waals surface area contributed by atoms with Gasteiger partial charge in [-0.15, -0.1) is 0 Å². The summed E-state index contributed by atoms with van der Waals surface area (Å²) in [6.07, 6.45) is 22.5. The molecule has 1 aliphatic rings. The molecule has 2 nitrogen and oxygen atoms in total. The topological polar surface area (TPSA) is 32.8 Å². The van der Waals surface area contributed by atoms with Crippen molar-refractivity contribution >= 4 is 0 Å². The standard InChI is InChI=1S/C20H40O2/c1-2-3-4-5-6-7-8-10-13-16-19-20(22-19)17-14-11-9-12-15-18-21/h19-21H,2-18H2,1H3. The van der Waals surface area contributed by atoms with Crippen LogP contribution in [0.4, 0.5) is 0 Å². The maximum atomic E-state index is 8.72. The van der Waals surface area contributed by atoms with Crippen LogP contribution in [0.3, 0.4) is 0 Å². The van der Waals surface area contributed by atoms with E-state index < -0.39 is 0 Å². The van der Waals surface area contributed by atoms with E-state index >= 15 is 0 Å². The third-order valence-electron chi connectivity index (χ3n) is 4.93. The van der Waals surface area contributed by atoms with E-state index in [2.05, 4.69) is 6.92 Å². The van der Waals surface area contributed by atoms with E-state index in [1.54, 1.807) is 0 Å². The lowest BCUT2D eigenvalue weighted by Gasteiger charge is -2.01.